The standard InChI is InChI=1S/C14H12N2O2/c1-2-10-3-5-11(6-4-10)15-16-13-8-7-12(17)9-14(13)18/h2-9,17-18H,1H2. The highest BCUT2D eigenvalue weighted by Crippen LogP contribution is 2.31. The molecule has 0 atom stereocenters. The van der Waals surface area contributed by atoms with E-state index in [1.165, 1.54) is 18.2 Å². The summed E-state index contributed by atoms with van der Waals surface area (Å²) in [5.74, 6) is -0.122. The number of benzene rings is 2. The lowest BCUT2D eigenvalue weighted by atomic mass is 10.2. The summed E-state index contributed by atoms with van der Waals surface area (Å²) in [5, 5.41) is 26.6. The Morgan fingerprint density at radius 2 is 1.67 bits per heavy atom. The van der Waals surface area contributed by atoms with Gasteiger partial charge in [-0.3, -0.25) is 0 Å². The van der Waals surface area contributed by atoms with Gasteiger partial charge in [0.05, 0.1) is 5.69 Å². The zero-order valence-electron chi connectivity index (χ0n) is 9.61. The van der Waals surface area contributed by atoms with Gasteiger partial charge < -0.3 is 10.2 Å². The molecule has 0 aromatic heterocycles. The maximum Gasteiger partial charge on any atom is 0.146 e. The van der Waals surface area contributed by atoms with Gasteiger partial charge in [-0.15, -0.1) is 5.11 Å². The van der Waals surface area contributed by atoms with Gasteiger partial charge in [0.15, 0.2) is 0 Å². The fourth-order valence-electron chi connectivity index (χ4n) is 1.39. The zero-order valence-corrected chi connectivity index (χ0v) is 9.61. The highest BCUT2D eigenvalue weighted by Gasteiger charge is 2.00. The van der Waals surface area contributed by atoms with Crippen molar-refractivity contribution in [2.45, 2.75) is 0 Å². The van der Waals surface area contributed by atoms with E-state index in [2.05, 4.69) is 16.8 Å². The van der Waals surface area contributed by atoms with E-state index in [4.69, 9.17) is 5.11 Å². The van der Waals surface area contributed by atoms with Gasteiger partial charge in [-0.25, -0.2) is 0 Å². The van der Waals surface area contributed by atoms with E-state index < -0.39 is 0 Å². The second kappa shape index (κ2) is 5.14. The molecule has 0 aliphatic rings. The van der Waals surface area contributed by atoms with Crippen LogP contribution in [-0.2, 0) is 0 Å². The van der Waals surface area contributed by atoms with Gasteiger partial charge in [-0.1, -0.05) is 24.8 Å². The van der Waals surface area contributed by atoms with Crippen molar-refractivity contribution < 1.29 is 10.2 Å². The lowest BCUT2D eigenvalue weighted by Gasteiger charge is -1.98. The second-order valence-electron chi connectivity index (χ2n) is 3.67. The summed E-state index contributed by atoms with van der Waals surface area (Å²) in [5.41, 5.74) is 1.98. The van der Waals surface area contributed by atoms with Crippen LogP contribution in [0.5, 0.6) is 11.5 Å². The Morgan fingerprint density at radius 1 is 0.944 bits per heavy atom. The minimum atomic E-state index is -0.110. The molecule has 4 heteroatoms. The summed E-state index contributed by atoms with van der Waals surface area (Å²) in [6, 6.07) is 11.5. The van der Waals surface area contributed by atoms with Crippen LogP contribution in [0.4, 0.5) is 11.4 Å². The molecule has 2 aromatic carbocycles. The first-order chi connectivity index (χ1) is 8.69. The lowest BCUT2D eigenvalue weighted by molar-refractivity contribution is 0.451. The average molecular weight is 240 g/mol. The zero-order chi connectivity index (χ0) is 13.0. The second-order valence-corrected chi connectivity index (χ2v) is 3.67. The highest BCUT2D eigenvalue weighted by molar-refractivity contribution is 5.54. The van der Waals surface area contributed by atoms with Crippen LogP contribution in [0.1, 0.15) is 5.56 Å². The molecule has 0 amide bonds. The first-order valence-electron chi connectivity index (χ1n) is 5.35. The Labute approximate surface area is 105 Å². The third-order valence-electron chi connectivity index (χ3n) is 2.36. The first-order valence-corrected chi connectivity index (χ1v) is 5.35. The van der Waals surface area contributed by atoms with Gasteiger partial charge in [0, 0.05) is 6.07 Å². The van der Waals surface area contributed by atoms with E-state index in [1.54, 1.807) is 18.2 Å². The molecule has 0 radical (unpaired) electrons. The van der Waals surface area contributed by atoms with Crippen molar-refractivity contribution in [2.75, 3.05) is 0 Å². The van der Waals surface area contributed by atoms with Crippen molar-refractivity contribution in [3.05, 3.63) is 54.6 Å². The number of aromatic hydroxyl groups is 2. The topological polar surface area (TPSA) is 65.2 Å². The summed E-state index contributed by atoms with van der Waals surface area (Å²) in [7, 11) is 0. The molecule has 4 nitrogen and oxygen atoms in total. The van der Waals surface area contributed by atoms with Crippen LogP contribution in [-0.4, -0.2) is 10.2 Å². The van der Waals surface area contributed by atoms with Crippen LogP contribution in [0.25, 0.3) is 6.08 Å². The summed E-state index contributed by atoms with van der Waals surface area (Å²) in [4.78, 5) is 0. The number of azo groups is 1. The fraction of sp³-hybridized carbons (Fsp3) is 0. The number of phenols is 2. The first kappa shape index (κ1) is 11.9. The van der Waals surface area contributed by atoms with Crippen LogP contribution in [0, 0.1) is 0 Å². The van der Waals surface area contributed by atoms with Gasteiger partial charge in [0.25, 0.3) is 0 Å². The smallest absolute Gasteiger partial charge is 0.146 e. The molecule has 2 aromatic rings. The lowest BCUT2D eigenvalue weighted by Crippen LogP contribution is -1.70. The minimum Gasteiger partial charge on any atom is -0.508 e. The normalized spacial score (nSPS) is 10.7. The van der Waals surface area contributed by atoms with Gasteiger partial charge in [0.1, 0.15) is 17.2 Å². The molecule has 2 N–H and O–H groups in total. The molecule has 0 spiro atoms. The van der Waals surface area contributed by atoms with Crippen LogP contribution in [0.3, 0.4) is 0 Å². The summed E-state index contributed by atoms with van der Waals surface area (Å²) in [6.45, 7) is 3.66. The molecule has 0 unspecified atom stereocenters. The molecule has 90 valence electrons. The Kier molecular flexibility index (Phi) is 3.38. The molecule has 0 saturated heterocycles. The van der Waals surface area contributed by atoms with E-state index in [0.29, 0.717) is 11.4 Å². The van der Waals surface area contributed by atoms with Crippen molar-refractivity contribution in [2.24, 2.45) is 10.2 Å². The average Bonchev–Trinajstić information content (AvgIpc) is 2.38. The van der Waals surface area contributed by atoms with Crippen LogP contribution < -0.4 is 0 Å². The van der Waals surface area contributed by atoms with Crippen molar-refractivity contribution in [1.82, 2.24) is 0 Å². The number of hydrogen-bond acceptors (Lipinski definition) is 4. The van der Waals surface area contributed by atoms with Crippen LogP contribution in [0.2, 0.25) is 0 Å². The quantitative estimate of drug-likeness (QED) is 0.791. The third kappa shape index (κ3) is 2.74. The van der Waals surface area contributed by atoms with E-state index >= 15 is 0 Å². The number of hydrogen-bond donors (Lipinski definition) is 2. The third-order valence-corrected chi connectivity index (χ3v) is 2.36. The fourth-order valence-corrected chi connectivity index (χ4v) is 1.39. The SMILES string of the molecule is C=Cc1ccc(N=Nc2ccc(O)cc2O)cc1. The van der Waals surface area contributed by atoms with Gasteiger partial charge >= 0.3 is 0 Å². The van der Waals surface area contributed by atoms with Crippen molar-refractivity contribution in [1.29, 1.82) is 0 Å². The van der Waals surface area contributed by atoms with Crippen LogP contribution >= 0.6 is 0 Å². The maximum absolute atomic E-state index is 9.52. The summed E-state index contributed by atoms with van der Waals surface area (Å²) < 4.78 is 0. The number of phenolic OH excluding ortho intramolecular Hbond substituents is 2. The predicted molar refractivity (Wildman–Crippen MR) is 70.5 cm³/mol. The molecule has 18 heavy (non-hydrogen) atoms. The van der Waals surface area contributed by atoms with E-state index in [1.807, 2.05) is 12.1 Å². The molecule has 0 aliphatic heterocycles. The summed E-state index contributed by atoms with van der Waals surface area (Å²) >= 11 is 0. The molecule has 0 fully saturated rings. The van der Waals surface area contributed by atoms with E-state index in [-0.39, 0.29) is 11.5 Å². The molecule has 0 bridgehead atoms. The molecule has 0 heterocycles. The van der Waals surface area contributed by atoms with Gasteiger partial charge in [-0.2, -0.15) is 5.11 Å². The number of nitrogens with zero attached hydrogens (tertiary/aromatic N) is 2. The highest BCUT2D eigenvalue weighted by atomic mass is 16.3. The molecule has 2 rings (SSSR count). The molecular weight excluding hydrogens is 228 g/mol. The summed E-state index contributed by atoms with van der Waals surface area (Å²) in [6.07, 6.45) is 1.74. The van der Waals surface area contributed by atoms with Gasteiger partial charge in [-0.05, 0) is 29.8 Å². The molecule has 0 aliphatic carbocycles. The molecular formula is C14H12N2O2. The van der Waals surface area contributed by atoms with Crippen molar-refractivity contribution in [3.8, 4) is 11.5 Å². The number of rotatable bonds is 3. The van der Waals surface area contributed by atoms with Crippen molar-refractivity contribution >= 4 is 17.5 Å². The van der Waals surface area contributed by atoms with E-state index in [0.717, 1.165) is 5.56 Å². The predicted octanol–water partition coefficient (Wildman–Crippen LogP) is 4.16. The van der Waals surface area contributed by atoms with Crippen molar-refractivity contribution in [3.63, 3.8) is 0 Å². The molecule has 0 saturated carbocycles. The largest absolute Gasteiger partial charge is 0.508 e. The Hall–Kier alpha value is -2.62. The Morgan fingerprint density at radius 3 is 2.28 bits per heavy atom. The van der Waals surface area contributed by atoms with Crippen LogP contribution in [0.15, 0.2) is 59.3 Å². The Balaban J connectivity index is 2.21. The monoisotopic (exact) mass is 240 g/mol. The Bertz CT molecular complexity index is 589. The minimum absolute atomic E-state index is 0.0122. The van der Waals surface area contributed by atoms with E-state index in [9.17, 15) is 5.11 Å². The maximum atomic E-state index is 9.52. The van der Waals surface area contributed by atoms with Gasteiger partial charge in [0.2, 0.25) is 0 Å².